The Kier molecular flexibility index (Phi) is 3.37. The second-order valence-electron chi connectivity index (χ2n) is 9.31. The van der Waals surface area contributed by atoms with Gasteiger partial charge in [0.15, 0.2) is 0 Å². The monoisotopic (exact) mass is 410 g/mol. The lowest BCUT2D eigenvalue weighted by Gasteiger charge is -2.21. The smallest absolute Gasteiger partial charge is 0.0547 e. The summed E-state index contributed by atoms with van der Waals surface area (Å²) >= 11 is 0. The third-order valence-corrected chi connectivity index (χ3v) is 7.26. The fraction of sp³-hybridized carbons (Fsp3) is 0.100. The van der Waals surface area contributed by atoms with Gasteiger partial charge in [-0.3, -0.25) is 4.98 Å². The number of fused-ring (bicyclic) bond motifs is 8. The summed E-state index contributed by atoms with van der Waals surface area (Å²) < 4.78 is 2.42. The third kappa shape index (κ3) is 2.17. The van der Waals surface area contributed by atoms with Crippen LogP contribution in [0.25, 0.3) is 49.4 Å². The van der Waals surface area contributed by atoms with Crippen LogP contribution in [0.3, 0.4) is 0 Å². The van der Waals surface area contributed by atoms with E-state index in [1.807, 2.05) is 12.4 Å². The van der Waals surface area contributed by atoms with Gasteiger partial charge in [0.05, 0.1) is 11.0 Å². The summed E-state index contributed by atoms with van der Waals surface area (Å²) in [5.41, 5.74) is 9.27. The van der Waals surface area contributed by atoms with Crippen molar-refractivity contribution in [3.05, 3.63) is 108 Å². The van der Waals surface area contributed by atoms with Gasteiger partial charge in [-0.2, -0.15) is 0 Å². The molecule has 0 spiro atoms. The number of hydrogen-bond donors (Lipinski definition) is 0. The minimum absolute atomic E-state index is 0.000725. The van der Waals surface area contributed by atoms with Crippen molar-refractivity contribution in [3.63, 3.8) is 0 Å². The van der Waals surface area contributed by atoms with Crippen molar-refractivity contribution < 1.29 is 0 Å². The average Bonchev–Trinajstić information content (AvgIpc) is 3.28. The van der Waals surface area contributed by atoms with E-state index in [-0.39, 0.29) is 5.41 Å². The average molecular weight is 411 g/mol. The SMILES string of the molecule is CC1(C)c2ccccc2-c2c1ccc1c2c2ccccc2n1-c1ccc2cnccc2c1. The fourth-order valence-corrected chi connectivity index (χ4v) is 5.74. The Morgan fingerprint density at radius 3 is 2.50 bits per heavy atom. The number of rotatable bonds is 1. The molecule has 0 unspecified atom stereocenters. The van der Waals surface area contributed by atoms with E-state index in [1.165, 1.54) is 55.1 Å². The number of para-hydroxylation sites is 1. The summed E-state index contributed by atoms with van der Waals surface area (Å²) in [6, 6.07) is 31.1. The van der Waals surface area contributed by atoms with Gasteiger partial charge in [0.1, 0.15) is 0 Å². The van der Waals surface area contributed by atoms with Crippen LogP contribution in [0.15, 0.2) is 97.3 Å². The first-order chi connectivity index (χ1) is 15.6. The molecule has 0 radical (unpaired) electrons. The van der Waals surface area contributed by atoms with Crippen molar-refractivity contribution in [2.24, 2.45) is 0 Å². The molecular formula is C30H22N2. The van der Waals surface area contributed by atoms with Gasteiger partial charge in [0.2, 0.25) is 0 Å². The van der Waals surface area contributed by atoms with E-state index in [4.69, 9.17) is 0 Å². The van der Waals surface area contributed by atoms with Crippen LogP contribution in [-0.4, -0.2) is 9.55 Å². The number of aromatic nitrogens is 2. The van der Waals surface area contributed by atoms with Crippen molar-refractivity contribution in [2.75, 3.05) is 0 Å². The molecule has 0 atom stereocenters. The Morgan fingerprint density at radius 2 is 1.56 bits per heavy atom. The highest BCUT2D eigenvalue weighted by atomic mass is 15.0. The van der Waals surface area contributed by atoms with E-state index in [1.54, 1.807) is 0 Å². The van der Waals surface area contributed by atoms with Gasteiger partial charge in [0.25, 0.3) is 0 Å². The zero-order chi connectivity index (χ0) is 21.4. The topological polar surface area (TPSA) is 17.8 Å². The number of hydrogen-bond acceptors (Lipinski definition) is 1. The van der Waals surface area contributed by atoms with Crippen molar-refractivity contribution in [1.82, 2.24) is 9.55 Å². The molecule has 2 nitrogen and oxygen atoms in total. The lowest BCUT2D eigenvalue weighted by Crippen LogP contribution is -2.14. The maximum absolute atomic E-state index is 4.27. The number of nitrogens with zero attached hydrogens (tertiary/aromatic N) is 2. The van der Waals surface area contributed by atoms with E-state index in [0.717, 1.165) is 5.39 Å². The first kappa shape index (κ1) is 17.7. The molecule has 32 heavy (non-hydrogen) atoms. The molecule has 2 heteroatoms. The van der Waals surface area contributed by atoms with Gasteiger partial charge in [0, 0.05) is 39.7 Å². The predicted octanol–water partition coefficient (Wildman–Crippen LogP) is 7.64. The molecule has 0 saturated carbocycles. The molecule has 0 amide bonds. The van der Waals surface area contributed by atoms with Crippen LogP contribution in [0, 0.1) is 0 Å². The molecule has 6 aromatic rings. The van der Waals surface area contributed by atoms with Gasteiger partial charge >= 0.3 is 0 Å². The molecule has 0 bridgehead atoms. The molecular weight excluding hydrogens is 388 g/mol. The second kappa shape index (κ2) is 6.08. The molecule has 4 aromatic carbocycles. The maximum Gasteiger partial charge on any atom is 0.0547 e. The molecule has 2 heterocycles. The highest BCUT2D eigenvalue weighted by molar-refractivity contribution is 6.18. The van der Waals surface area contributed by atoms with Gasteiger partial charge in [-0.05, 0) is 58.0 Å². The zero-order valence-corrected chi connectivity index (χ0v) is 18.1. The molecule has 0 aliphatic heterocycles. The molecule has 7 rings (SSSR count). The van der Waals surface area contributed by atoms with E-state index in [2.05, 4.69) is 108 Å². The Morgan fingerprint density at radius 1 is 0.719 bits per heavy atom. The first-order valence-electron chi connectivity index (χ1n) is 11.2. The van der Waals surface area contributed by atoms with Crippen molar-refractivity contribution in [3.8, 4) is 16.8 Å². The molecule has 0 fully saturated rings. The van der Waals surface area contributed by atoms with E-state index < -0.39 is 0 Å². The predicted molar refractivity (Wildman–Crippen MR) is 134 cm³/mol. The lowest BCUT2D eigenvalue weighted by atomic mass is 9.82. The molecule has 0 N–H and O–H groups in total. The Balaban J connectivity index is 1.65. The molecule has 152 valence electrons. The van der Waals surface area contributed by atoms with Crippen LogP contribution in [0.4, 0.5) is 0 Å². The normalized spacial score (nSPS) is 14.2. The van der Waals surface area contributed by atoms with Crippen molar-refractivity contribution in [1.29, 1.82) is 0 Å². The third-order valence-electron chi connectivity index (χ3n) is 7.26. The van der Waals surface area contributed by atoms with E-state index in [0.29, 0.717) is 0 Å². The summed E-state index contributed by atoms with van der Waals surface area (Å²) in [4.78, 5) is 4.27. The summed E-state index contributed by atoms with van der Waals surface area (Å²) in [7, 11) is 0. The van der Waals surface area contributed by atoms with Crippen molar-refractivity contribution in [2.45, 2.75) is 19.3 Å². The van der Waals surface area contributed by atoms with Crippen LogP contribution < -0.4 is 0 Å². The van der Waals surface area contributed by atoms with E-state index in [9.17, 15) is 0 Å². The minimum atomic E-state index is -0.000725. The van der Waals surface area contributed by atoms with Gasteiger partial charge in [-0.25, -0.2) is 0 Å². The lowest BCUT2D eigenvalue weighted by molar-refractivity contribution is 0.661. The Hall–Kier alpha value is -3.91. The highest BCUT2D eigenvalue weighted by Crippen LogP contribution is 2.53. The van der Waals surface area contributed by atoms with Crippen LogP contribution in [0.5, 0.6) is 0 Å². The number of benzene rings is 4. The summed E-state index contributed by atoms with van der Waals surface area (Å²) in [5.74, 6) is 0. The van der Waals surface area contributed by atoms with Crippen LogP contribution >= 0.6 is 0 Å². The maximum atomic E-state index is 4.27. The van der Waals surface area contributed by atoms with E-state index >= 15 is 0 Å². The van der Waals surface area contributed by atoms with Gasteiger partial charge < -0.3 is 4.57 Å². The zero-order valence-electron chi connectivity index (χ0n) is 18.1. The largest absolute Gasteiger partial charge is 0.309 e. The Labute approximate surface area is 186 Å². The molecule has 1 aliphatic carbocycles. The molecule has 1 aliphatic rings. The van der Waals surface area contributed by atoms with Crippen LogP contribution in [-0.2, 0) is 5.41 Å². The standard InChI is InChI=1S/C30H22N2/c1-30(2)24-9-5-3-7-22(24)28-25(30)13-14-27-29(28)23-8-4-6-10-26(23)32(27)21-12-11-20-18-31-16-15-19(20)17-21/h3-18H,1-2H3. The van der Waals surface area contributed by atoms with Crippen LogP contribution in [0.1, 0.15) is 25.0 Å². The first-order valence-corrected chi connectivity index (χ1v) is 11.2. The minimum Gasteiger partial charge on any atom is -0.309 e. The van der Waals surface area contributed by atoms with Crippen LogP contribution in [0.2, 0.25) is 0 Å². The fourth-order valence-electron chi connectivity index (χ4n) is 5.74. The number of pyridine rings is 1. The quantitative estimate of drug-likeness (QED) is 0.272. The Bertz CT molecular complexity index is 1700. The second-order valence-corrected chi connectivity index (χ2v) is 9.31. The highest BCUT2D eigenvalue weighted by Gasteiger charge is 2.37. The van der Waals surface area contributed by atoms with Crippen molar-refractivity contribution >= 4 is 32.6 Å². The summed E-state index contributed by atoms with van der Waals surface area (Å²) in [6.45, 7) is 4.69. The summed E-state index contributed by atoms with van der Waals surface area (Å²) in [6.07, 6.45) is 3.79. The van der Waals surface area contributed by atoms with Gasteiger partial charge in [-0.1, -0.05) is 68.4 Å². The van der Waals surface area contributed by atoms with Gasteiger partial charge in [-0.15, -0.1) is 0 Å². The molecule has 0 saturated heterocycles. The molecule has 2 aromatic heterocycles. The summed E-state index contributed by atoms with van der Waals surface area (Å²) in [5, 5.41) is 5.03.